The molecule has 10 rings (SSSR count). The van der Waals surface area contributed by atoms with Crippen molar-refractivity contribution in [3.63, 3.8) is 0 Å². The lowest BCUT2D eigenvalue weighted by atomic mass is 9.82. The Kier molecular flexibility index (Phi) is 9.61. The third kappa shape index (κ3) is 6.54. The molecule has 0 aliphatic heterocycles. The Balaban J connectivity index is 1.07. The van der Waals surface area contributed by atoms with E-state index in [4.69, 9.17) is 5.41 Å². The van der Waals surface area contributed by atoms with E-state index < -0.39 is 0 Å². The largest absolute Gasteiger partial charge is 0.355 e. The Morgan fingerprint density at radius 2 is 1.27 bits per heavy atom. The summed E-state index contributed by atoms with van der Waals surface area (Å²) >= 11 is 0. The van der Waals surface area contributed by atoms with E-state index in [1.54, 1.807) is 6.08 Å². The van der Waals surface area contributed by atoms with Gasteiger partial charge in [-0.1, -0.05) is 142 Å². The predicted octanol–water partition coefficient (Wildman–Crippen LogP) is 15.8. The number of hydrogen-bond donors (Lipinski definition) is 2. The molecule has 0 radical (unpaired) electrons. The van der Waals surface area contributed by atoms with Crippen LogP contribution >= 0.6 is 0 Å². The number of benzene rings is 8. The molecule has 2 N–H and O–H groups in total. The summed E-state index contributed by atoms with van der Waals surface area (Å²) < 4.78 is 2.36. The smallest absolute Gasteiger partial charge is 0.0634 e. The van der Waals surface area contributed by atoms with E-state index in [0.717, 1.165) is 73.0 Å². The van der Waals surface area contributed by atoms with Crippen molar-refractivity contribution in [3.05, 3.63) is 230 Å². The molecule has 4 heteroatoms. The standard InChI is InChI=1S/C58H46N4/c1-5-48-55(60-43-16-8-6-9-17-43)34-33-51-52-37-42(26-35-56(52)62(57(48)51)44-18-10-7-11-19-44)41-24-29-46(30-25-41)61(45-27-22-40(23-28-45)39(2)15-14-36-59)47-31-32-50-49-20-12-13-21-53(49)58(3,4)54(50)38-47/h5-38,59-60H,1-2H2,3-4H3/b15-14-,59-36?. The molecule has 0 saturated heterocycles. The van der Waals surface area contributed by atoms with Gasteiger partial charge in [0, 0.05) is 62.1 Å². The summed E-state index contributed by atoms with van der Waals surface area (Å²) in [6.07, 6.45) is 6.82. The number of anilines is 5. The zero-order valence-electron chi connectivity index (χ0n) is 34.9. The van der Waals surface area contributed by atoms with E-state index in [2.05, 4.69) is 206 Å². The van der Waals surface area contributed by atoms with Gasteiger partial charge in [0.15, 0.2) is 0 Å². The van der Waals surface area contributed by atoms with E-state index in [0.29, 0.717) is 0 Å². The third-order valence-corrected chi connectivity index (χ3v) is 12.4. The van der Waals surface area contributed by atoms with Crippen molar-refractivity contribution in [1.29, 1.82) is 5.41 Å². The summed E-state index contributed by atoms with van der Waals surface area (Å²) in [5.74, 6) is 0. The zero-order chi connectivity index (χ0) is 42.4. The fourth-order valence-electron chi connectivity index (χ4n) is 9.32. The Morgan fingerprint density at radius 3 is 2.00 bits per heavy atom. The lowest BCUT2D eigenvalue weighted by Crippen LogP contribution is -2.16. The van der Waals surface area contributed by atoms with Crippen LogP contribution in [0.5, 0.6) is 0 Å². The second-order valence-corrected chi connectivity index (χ2v) is 16.4. The first kappa shape index (κ1) is 38.3. The third-order valence-electron chi connectivity index (χ3n) is 12.4. The van der Waals surface area contributed by atoms with Crippen LogP contribution in [0.15, 0.2) is 207 Å². The first-order valence-corrected chi connectivity index (χ1v) is 21.1. The molecule has 8 aromatic carbocycles. The van der Waals surface area contributed by atoms with Crippen LogP contribution in [0.1, 0.15) is 36.1 Å². The highest BCUT2D eigenvalue weighted by Gasteiger charge is 2.35. The molecule has 9 aromatic rings. The SMILES string of the molecule is C=Cc1c(Nc2ccccc2)ccc2c3cc(-c4ccc(N(c5ccc(C(=C)/C=C\C=N)cc5)c5ccc6c(c5)C(C)(C)c5ccccc5-6)cc4)ccc3n(-c3ccccc3)c12. The number of nitrogens with one attached hydrogen (secondary N) is 2. The quantitative estimate of drug-likeness (QED) is 0.101. The Labute approximate surface area is 363 Å². The first-order chi connectivity index (χ1) is 30.3. The van der Waals surface area contributed by atoms with Crippen molar-refractivity contribution in [3.8, 4) is 27.9 Å². The van der Waals surface area contributed by atoms with E-state index >= 15 is 0 Å². The maximum atomic E-state index is 7.42. The maximum absolute atomic E-state index is 7.42. The summed E-state index contributed by atoms with van der Waals surface area (Å²) in [6, 6.07) is 65.3. The predicted molar refractivity (Wildman–Crippen MR) is 265 cm³/mol. The molecule has 0 spiro atoms. The van der Waals surface area contributed by atoms with Crippen molar-refractivity contribution in [1.82, 2.24) is 4.57 Å². The molecule has 0 atom stereocenters. The van der Waals surface area contributed by atoms with Gasteiger partial charge in [-0.3, -0.25) is 0 Å². The number of fused-ring (bicyclic) bond motifs is 6. The van der Waals surface area contributed by atoms with Crippen LogP contribution in [0.4, 0.5) is 28.4 Å². The van der Waals surface area contributed by atoms with Crippen LogP contribution in [-0.4, -0.2) is 10.8 Å². The molecule has 1 heterocycles. The summed E-state index contributed by atoms with van der Waals surface area (Å²) in [5.41, 5.74) is 19.0. The Hall–Kier alpha value is -7.95. The average Bonchev–Trinajstić information content (AvgIpc) is 3.77. The topological polar surface area (TPSA) is 44.1 Å². The number of aromatic nitrogens is 1. The molecule has 0 fully saturated rings. The number of hydrogen-bond acceptors (Lipinski definition) is 3. The van der Waals surface area contributed by atoms with Crippen molar-refractivity contribution >= 4 is 68.1 Å². The van der Waals surface area contributed by atoms with Gasteiger partial charge in [-0.25, -0.2) is 0 Å². The zero-order valence-corrected chi connectivity index (χ0v) is 34.9. The fraction of sp³-hybridized carbons (Fsp3) is 0.0517. The highest BCUT2D eigenvalue weighted by Crippen LogP contribution is 2.51. The minimum atomic E-state index is -0.130. The summed E-state index contributed by atoms with van der Waals surface area (Å²) in [4.78, 5) is 2.34. The van der Waals surface area contributed by atoms with Crippen LogP contribution in [0.3, 0.4) is 0 Å². The molecule has 0 amide bonds. The molecular formula is C58H46N4. The molecule has 1 aromatic heterocycles. The molecule has 0 bridgehead atoms. The van der Waals surface area contributed by atoms with Gasteiger partial charge < -0.3 is 20.2 Å². The number of para-hydroxylation sites is 2. The minimum Gasteiger partial charge on any atom is -0.355 e. The normalized spacial score (nSPS) is 12.6. The molecular weight excluding hydrogens is 753 g/mol. The highest BCUT2D eigenvalue weighted by atomic mass is 15.1. The van der Waals surface area contributed by atoms with Crippen molar-refractivity contribution in [2.75, 3.05) is 10.2 Å². The molecule has 1 aliphatic rings. The highest BCUT2D eigenvalue weighted by molar-refractivity contribution is 6.14. The molecule has 1 aliphatic carbocycles. The molecule has 62 heavy (non-hydrogen) atoms. The summed E-state index contributed by atoms with van der Waals surface area (Å²) in [6.45, 7) is 13.2. The fourth-order valence-corrected chi connectivity index (χ4v) is 9.32. The van der Waals surface area contributed by atoms with Gasteiger partial charge in [-0.15, -0.1) is 0 Å². The minimum absolute atomic E-state index is 0.130. The van der Waals surface area contributed by atoms with Crippen molar-refractivity contribution in [2.24, 2.45) is 0 Å². The maximum Gasteiger partial charge on any atom is 0.0634 e. The van der Waals surface area contributed by atoms with Gasteiger partial charge in [0.25, 0.3) is 0 Å². The van der Waals surface area contributed by atoms with Crippen LogP contribution in [0.2, 0.25) is 0 Å². The Morgan fingerprint density at radius 1 is 0.629 bits per heavy atom. The van der Waals surface area contributed by atoms with E-state index in [1.165, 1.54) is 39.2 Å². The van der Waals surface area contributed by atoms with Crippen LogP contribution in [0, 0.1) is 5.41 Å². The van der Waals surface area contributed by atoms with Gasteiger partial charge in [0.1, 0.15) is 0 Å². The second kappa shape index (κ2) is 15.6. The average molecular weight is 799 g/mol. The molecule has 298 valence electrons. The number of rotatable bonds is 11. The van der Waals surface area contributed by atoms with Gasteiger partial charge in [0.05, 0.1) is 11.0 Å². The lowest BCUT2D eigenvalue weighted by molar-refractivity contribution is 0.660. The van der Waals surface area contributed by atoms with E-state index in [9.17, 15) is 0 Å². The summed E-state index contributed by atoms with van der Waals surface area (Å²) in [5, 5.41) is 13.4. The lowest BCUT2D eigenvalue weighted by Gasteiger charge is -2.28. The number of allylic oxidation sites excluding steroid dienone is 3. The monoisotopic (exact) mass is 798 g/mol. The van der Waals surface area contributed by atoms with Crippen LogP contribution < -0.4 is 10.2 Å². The molecule has 4 nitrogen and oxygen atoms in total. The number of nitrogens with zero attached hydrogens (tertiary/aromatic N) is 2. The van der Waals surface area contributed by atoms with E-state index in [1.807, 2.05) is 30.4 Å². The molecule has 0 saturated carbocycles. The van der Waals surface area contributed by atoms with Gasteiger partial charge >= 0.3 is 0 Å². The van der Waals surface area contributed by atoms with Gasteiger partial charge in [0.2, 0.25) is 0 Å². The van der Waals surface area contributed by atoms with Crippen molar-refractivity contribution in [2.45, 2.75) is 19.3 Å². The van der Waals surface area contributed by atoms with Crippen LogP contribution in [-0.2, 0) is 5.41 Å². The molecule has 0 unspecified atom stereocenters. The first-order valence-electron chi connectivity index (χ1n) is 21.1. The summed E-state index contributed by atoms with van der Waals surface area (Å²) in [7, 11) is 0. The van der Waals surface area contributed by atoms with Gasteiger partial charge in [-0.2, -0.15) is 0 Å². The Bertz CT molecular complexity index is 3210. The van der Waals surface area contributed by atoms with E-state index in [-0.39, 0.29) is 5.41 Å². The van der Waals surface area contributed by atoms with Crippen LogP contribution in [0.25, 0.3) is 61.4 Å². The van der Waals surface area contributed by atoms with Gasteiger partial charge in [-0.05, 0) is 129 Å². The van der Waals surface area contributed by atoms with Crippen molar-refractivity contribution < 1.29 is 0 Å². The second-order valence-electron chi connectivity index (χ2n) is 16.4.